The van der Waals surface area contributed by atoms with E-state index in [0.29, 0.717) is 16.4 Å². The highest BCUT2D eigenvalue weighted by atomic mass is 35.5. The highest BCUT2D eigenvalue weighted by molar-refractivity contribution is 6.30. The third kappa shape index (κ3) is 5.89. The molecule has 2 unspecified atom stereocenters. The maximum atomic E-state index is 12.3. The Morgan fingerprint density at radius 1 is 0.960 bits per heavy atom. The van der Waals surface area contributed by atoms with Gasteiger partial charge >= 0.3 is 0 Å². The quantitative estimate of drug-likeness (QED) is 0.730. The van der Waals surface area contributed by atoms with Crippen LogP contribution in [-0.2, 0) is 9.59 Å². The van der Waals surface area contributed by atoms with Gasteiger partial charge in [0, 0.05) is 29.4 Å². The van der Waals surface area contributed by atoms with Gasteiger partial charge in [-0.1, -0.05) is 23.7 Å². The van der Waals surface area contributed by atoms with E-state index < -0.39 is 0 Å². The van der Waals surface area contributed by atoms with E-state index in [1.54, 1.807) is 24.3 Å². The van der Waals surface area contributed by atoms with Gasteiger partial charge in [0.2, 0.25) is 11.8 Å². The second-order valence-corrected chi connectivity index (χ2v) is 6.35. The molecule has 2 aromatic carbocycles. The molecule has 0 aromatic heterocycles. The molecule has 6 heteroatoms. The monoisotopic (exact) mass is 359 g/mol. The maximum absolute atomic E-state index is 12.3. The number of benzene rings is 2. The van der Waals surface area contributed by atoms with Crippen LogP contribution < -0.4 is 16.0 Å². The van der Waals surface area contributed by atoms with Gasteiger partial charge in [-0.15, -0.1) is 0 Å². The average molecular weight is 360 g/mol. The lowest BCUT2D eigenvalue weighted by molar-refractivity contribution is -0.118. The van der Waals surface area contributed by atoms with E-state index in [0.717, 1.165) is 5.56 Å². The van der Waals surface area contributed by atoms with Crippen molar-refractivity contribution < 1.29 is 9.59 Å². The molecule has 0 radical (unpaired) electrons. The summed E-state index contributed by atoms with van der Waals surface area (Å²) in [4.78, 5) is 23.3. The minimum atomic E-state index is -0.385. The Bertz CT molecular complexity index is 747. The SMILES string of the molecule is CC(=O)Nc1ccc(NC(=O)C(C)NC(C)c2cccc(Cl)c2)cc1. The number of rotatable bonds is 6. The van der Waals surface area contributed by atoms with Gasteiger partial charge in [-0.3, -0.25) is 14.9 Å². The lowest BCUT2D eigenvalue weighted by atomic mass is 10.1. The van der Waals surface area contributed by atoms with E-state index in [1.165, 1.54) is 6.92 Å². The van der Waals surface area contributed by atoms with E-state index in [4.69, 9.17) is 11.6 Å². The van der Waals surface area contributed by atoms with Crippen LogP contribution in [-0.4, -0.2) is 17.9 Å². The molecule has 0 heterocycles. The summed E-state index contributed by atoms with van der Waals surface area (Å²) in [5.41, 5.74) is 2.38. The highest BCUT2D eigenvalue weighted by Gasteiger charge is 2.16. The normalized spacial score (nSPS) is 13.0. The number of nitrogens with one attached hydrogen (secondary N) is 3. The topological polar surface area (TPSA) is 70.2 Å². The second-order valence-electron chi connectivity index (χ2n) is 5.91. The van der Waals surface area contributed by atoms with Crippen molar-refractivity contribution >= 4 is 34.8 Å². The Morgan fingerprint density at radius 3 is 2.12 bits per heavy atom. The largest absolute Gasteiger partial charge is 0.326 e. The van der Waals surface area contributed by atoms with Crippen molar-refractivity contribution in [2.24, 2.45) is 0 Å². The first-order valence-electron chi connectivity index (χ1n) is 8.05. The van der Waals surface area contributed by atoms with Crippen LogP contribution in [0.4, 0.5) is 11.4 Å². The molecule has 0 saturated heterocycles. The molecule has 3 N–H and O–H groups in total. The van der Waals surface area contributed by atoms with Crippen LogP contribution in [0, 0.1) is 0 Å². The van der Waals surface area contributed by atoms with Crippen LogP contribution in [0.15, 0.2) is 48.5 Å². The van der Waals surface area contributed by atoms with Gasteiger partial charge in [0.15, 0.2) is 0 Å². The minimum absolute atomic E-state index is 0.0124. The Labute approximate surface area is 152 Å². The summed E-state index contributed by atoms with van der Waals surface area (Å²) in [6.07, 6.45) is 0. The Balaban J connectivity index is 1.92. The number of carbonyl (C=O) groups excluding carboxylic acids is 2. The fourth-order valence-corrected chi connectivity index (χ4v) is 2.61. The molecule has 5 nitrogen and oxygen atoms in total. The maximum Gasteiger partial charge on any atom is 0.241 e. The molecule has 2 atom stereocenters. The summed E-state index contributed by atoms with van der Waals surface area (Å²) in [5, 5.41) is 9.45. The van der Waals surface area contributed by atoms with E-state index >= 15 is 0 Å². The van der Waals surface area contributed by atoms with Gasteiger partial charge in [0.1, 0.15) is 0 Å². The molecular formula is C19H22ClN3O2. The fraction of sp³-hybridized carbons (Fsp3) is 0.263. The summed E-state index contributed by atoms with van der Waals surface area (Å²) in [5.74, 6) is -0.272. The van der Waals surface area contributed by atoms with E-state index in [2.05, 4.69) is 16.0 Å². The number of carbonyl (C=O) groups is 2. The van der Waals surface area contributed by atoms with Gasteiger partial charge < -0.3 is 10.6 Å². The molecule has 0 aliphatic rings. The van der Waals surface area contributed by atoms with Crippen LogP contribution in [0.5, 0.6) is 0 Å². The third-order valence-electron chi connectivity index (χ3n) is 3.71. The van der Waals surface area contributed by atoms with Crippen LogP contribution in [0.1, 0.15) is 32.4 Å². The zero-order valence-corrected chi connectivity index (χ0v) is 15.2. The molecule has 2 rings (SSSR count). The van der Waals surface area contributed by atoms with Crippen molar-refractivity contribution in [3.8, 4) is 0 Å². The molecule has 0 bridgehead atoms. The molecule has 0 aliphatic carbocycles. The molecule has 0 spiro atoms. The first kappa shape index (κ1) is 19.0. The van der Waals surface area contributed by atoms with E-state index in [-0.39, 0.29) is 23.9 Å². The van der Waals surface area contributed by atoms with Gasteiger partial charge in [-0.2, -0.15) is 0 Å². The zero-order chi connectivity index (χ0) is 18.4. The van der Waals surface area contributed by atoms with Crippen molar-refractivity contribution in [1.29, 1.82) is 0 Å². The van der Waals surface area contributed by atoms with Crippen LogP contribution in [0.25, 0.3) is 0 Å². The summed E-state index contributed by atoms with van der Waals surface area (Å²) in [6.45, 7) is 5.24. The van der Waals surface area contributed by atoms with Crippen molar-refractivity contribution in [2.75, 3.05) is 10.6 Å². The summed E-state index contributed by atoms with van der Waals surface area (Å²) in [7, 11) is 0. The van der Waals surface area contributed by atoms with E-state index in [9.17, 15) is 9.59 Å². The van der Waals surface area contributed by atoms with Crippen molar-refractivity contribution in [3.05, 3.63) is 59.1 Å². The lowest BCUT2D eigenvalue weighted by Crippen LogP contribution is -2.39. The van der Waals surface area contributed by atoms with E-state index in [1.807, 2.05) is 38.1 Å². The van der Waals surface area contributed by atoms with Gasteiger partial charge in [0.05, 0.1) is 6.04 Å². The number of amides is 2. The standard InChI is InChI=1S/C19H22ClN3O2/c1-12(15-5-4-6-16(20)11-15)21-13(2)19(25)23-18-9-7-17(8-10-18)22-14(3)24/h4-13,21H,1-3H3,(H,22,24)(H,23,25). The first-order chi connectivity index (χ1) is 11.8. The predicted octanol–water partition coefficient (Wildman–Crippen LogP) is 3.98. The summed E-state index contributed by atoms with van der Waals surface area (Å²) < 4.78 is 0. The fourth-order valence-electron chi connectivity index (χ4n) is 2.41. The van der Waals surface area contributed by atoms with Gasteiger partial charge in [-0.25, -0.2) is 0 Å². The van der Waals surface area contributed by atoms with Crippen molar-refractivity contribution in [3.63, 3.8) is 0 Å². The molecular weight excluding hydrogens is 338 g/mol. The van der Waals surface area contributed by atoms with Crippen LogP contribution >= 0.6 is 11.6 Å². The number of halogens is 1. The first-order valence-corrected chi connectivity index (χ1v) is 8.43. The molecule has 25 heavy (non-hydrogen) atoms. The summed E-state index contributed by atoms with van der Waals surface area (Å²) in [6, 6.07) is 14.1. The van der Waals surface area contributed by atoms with Crippen LogP contribution in [0.3, 0.4) is 0 Å². The lowest BCUT2D eigenvalue weighted by Gasteiger charge is -2.20. The summed E-state index contributed by atoms with van der Waals surface area (Å²) >= 11 is 6.01. The molecule has 0 saturated carbocycles. The predicted molar refractivity (Wildman–Crippen MR) is 102 cm³/mol. The van der Waals surface area contributed by atoms with Crippen molar-refractivity contribution in [2.45, 2.75) is 32.9 Å². The number of hydrogen-bond acceptors (Lipinski definition) is 3. The second kappa shape index (κ2) is 8.65. The Hall–Kier alpha value is -2.37. The Morgan fingerprint density at radius 2 is 1.56 bits per heavy atom. The van der Waals surface area contributed by atoms with Gasteiger partial charge in [0.25, 0.3) is 0 Å². The van der Waals surface area contributed by atoms with Gasteiger partial charge in [-0.05, 0) is 55.8 Å². The molecule has 0 fully saturated rings. The molecule has 2 amide bonds. The number of anilines is 2. The Kier molecular flexibility index (Phi) is 6.56. The molecule has 2 aromatic rings. The minimum Gasteiger partial charge on any atom is -0.326 e. The van der Waals surface area contributed by atoms with Crippen LogP contribution in [0.2, 0.25) is 5.02 Å². The zero-order valence-electron chi connectivity index (χ0n) is 14.5. The smallest absolute Gasteiger partial charge is 0.241 e. The van der Waals surface area contributed by atoms with Crippen molar-refractivity contribution in [1.82, 2.24) is 5.32 Å². The third-order valence-corrected chi connectivity index (χ3v) is 3.95. The average Bonchev–Trinajstić information content (AvgIpc) is 2.56. The molecule has 0 aliphatic heterocycles. The number of hydrogen-bond donors (Lipinski definition) is 3. The molecule has 132 valence electrons. The highest BCUT2D eigenvalue weighted by Crippen LogP contribution is 2.18.